The largest absolute Gasteiger partial charge is 0.496 e. The number of carbonyl (C=O) groups excluding carboxylic acids is 3. The van der Waals surface area contributed by atoms with Crippen molar-refractivity contribution in [1.29, 1.82) is 0 Å². The van der Waals surface area contributed by atoms with Crippen LogP contribution in [0.5, 0.6) is 5.75 Å². The van der Waals surface area contributed by atoms with Crippen LogP contribution in [-0.2, 0) is 22.4 Å². The topological polar surface area (TPSA) is 75.7 Å². The van der Waals surface area contributed by atoms with Crippen LogP contribution < -0.4 is 15.0 Å². The van der Waals surface area contributed by atoms with Gasteiger partial charge in [0.25, 0.3) is 11.8 Å². The lowest BCUT2D eigenvalue weighted by atomic mass is 10.00. The molecular formula is C27H22Cl2N2O4. The van der Waals surface area contributed by atoms with Gasteiger partial charge in [-0.1, -0.05) is 60.5 Å². The first kappa shape index (κ1) is 24.5. The minimum atomic E-state index is -0.799. The van der Waals surface area contributed by atoms with Crippen molar-refractivity contribution in [3.8, 4) is 5.75 Å². The van der Waals surface area contributed by atoms with Gasteiger partial charge in [0.1, 0.15) is 11.3 Å². The van der Waals surface area contributed by atoms with Gasteiger partial charge in [-0.2, -0.15) is 0 Å². The molecular weight excluding hydrogens is 487 g/mol. The fourth-order valence-corrected chi connectivity index (χ4v) is 4.33. The highest BCUT2D eigenvalue weighted by Gasteiger charge is 2.36. The van der Waals surface area contributed by atoms with E-state index in [-0.39, 0.29) is 5.57 Å². The van der Waals surface area contributed by atoms with Crippen molar-refractivity contribution in [2.75, 3.05) is 12.0 Å². The van der Waals surface area contributed by atoms with E-state index < -0.39 is 17.8 Å². The first-order valence-electron chi connectivity index (χ1n) is 10.9. The van der Waals surface area contributed by atoms with Gasteiger partial charge in [0.15, 0.2) is 0 Å². The molecule has 3 aromatic rings. The monoisotopic (exact) mass is 508 g/mol. The summed E-state index contributed by atoms with van der Waals surface area (Å²) in [5.74, 6) is -1.02. The average molecular weight is 509 g/mol. The van der Waals surface area contributed by atoms with Crippen molar-refractivity contribution in [2.24, 2.45) is 0 Å². The normalized spacial score (nSPS) is 14.9. The van der Waals surface area contributed by atoms with E-state index >= 15 is 0 Å². The van der Waals surface area contributed by atoms with Crippen LogP contribution in [0.3, 0.4) is 0 Å². The molecule has 4 amide bonds. The third kappa shape index (κ3) is 5.09. The number of benzene rings is 3. The summed E-state index contributed by atoms with van der Waals surface area (Å²) >= 11 is 12.9. The average Bonchev–Trinajstić information content (AvgIpc) is 2.84. The van der Waals surface area contributed by atoms with Crippen LogP contribution in [0.2, 0.25) is 10.0 Å². The van der Waals surface area contributed by atoms with Crippen molar-refractivity contribution in [3.63, 3.8) is 0 Å². The molecule has 0 spiro atoms. The second kappa shape index (κ2) is 10.3. The number of amides is 4. The minimum Gasteiger partial charge on any atom is -0.496 e. The third-order valence-electron chi connectivity index (χ3n) is 5.74. The van der Waals surface area contributed by atoms with E-state index in [1.54, 1.807) is 30.3 Å². The molecule has 0 radical (unpaired) electrons. The van der Waals surface area contributed by atoms with Crippen molar-refractivity contribution >= 4 is 52.8 Å². The fourth-order valence-electron chi connectivity index (χ4n) is 3.84. The number of carbonyl (C=O) groups is 3. The Hall–Kier alpha value is -3.61. The van der Waals surface area contributed by atoms with E-state index in [2.05, 4.69) is 5.32 Å². The van der Waals surface area contributed by atoms with Gasteiger partial charge in [-0.3, -0.25) is 14.9 Å². The van der Waals surface area contributed by atoms with Crippen LogP contribution in [0.1, 0.15) is 29.2 Å². The molecule has 1 aliphatic rings. The number of anilines is 1. The van der Waals surface area contributed by atoms with Crippen LogP contribution in [-0.4, -0.2) is 25.0 Å². The molecule has 3 aromatic carbocycles. The standard InChI is InChI=1S/C27H22Cl2N2O4/c1-3-16-8-10-19(11-9-16)31-26(33)21(25(32)30-27(31)34)12-17-13-23(29)20(24(14-17)35-2)15-18-6-4-5-7-22(18)28/h4-14H,3,15H2,1-2H3,(H,30,32,34)/b21-12+. The Morgan fingerprint density at radius 3 is 2.34 bits per heavy atom. The summed E-state index contributed by atoms with van der Waals surface area (Å²) in [6.45, 7) is 2.01. The minimum absolute atomic E-state index is 0.193. The highest BCUT2D eigenvalue weighted by atomic mass is 35.5. The van der Waals surface area contributed by atoms with E-state index in [9.17, 15) is 14.4 Å². The molecule has 0 aliphatic carbocycles. The molecule has 0 atom stereocenters. The van der Waals surface area contributed by atoms with Gasteiger partial charge in [0.2, 0.25) is 0 Å². The SMILES string of the molecule is CCc1ccc(N2C(=O)NC(=O)/C(=C\c3cc(Cl)c(Cc4ccccc4Cl)c(OC)c3)C2=O)cc1. The summed E-state index contributed by atoms with van der Waals surface area (Å²) in [4.78, 5) is 39.1. The smallest absolute Gasteiger partial charge is 0.335 e. The molecule has 0 saturated carbocycles. The number of methoxy groups -OCH3 is 1. The van der Waals surface area contributed by atoms with Crippen molar-refractivity contribution in [3.05, 3.63) is 98.5 Å². The van der Waals surface area contributed by atoms with Gasteiger partial charge in [-0.25, -0.2) is 9.69 Å². The van der Waals surface area contributed by atoms with Crippen LogP contribution in [0.25, 0.3) is 6.08 Å². The Morgan fingerprint density at radius 1 is 0.971 bits per heavy atom. The number of aryl methyl sites for hydroxylation is 1. The number of hydrogen-bond acceptors (Lipinski definition) is 4. The second-order valence-corrected chi connectivity index (χ2v) is 8.74. The number of hydrogen-bond donors (Lipinski definition) is 1. The summed E-state index contributed by atoms with van der Waals surface area (Å²) in [6.07, 6.45) is 2.65. The maximum absolute atomic E-state index is 13.2. The lowest BCUT2D eigenvalue weighted by molar-refractivity contribution is -0.122. The number of imide groups is 2. The van der Waals surface area contributed by atoms with Crippen LogP contribution in [0, 0.1) is 0 Å². The Kier molecular flexibility index (Phi) is 7.24. The van der Waals surface area contributed by atoms with Crippen molar-refractivity contribution in [2.45, 2.75) is 19.8 Å². The third-order valence-corrected chi connectivity index (χ3v) is 6.44. The number of rotatable bonds is 6. The van der Waals surface area contributed by atoms with Gasteiger partial charge in [-0.15, -0.1) is 0 Å². The predicted molar refractivity (Wildman–Crippen MR) is 137 cm³/mol. The molecule has 178 valence electrons. The molecule has 8 heteroatoms. The maximum Gasteiger partial charge on any atom is 0.335 e. The summed E-state index contributed by atoms with van der Waals surface area (Å²) in [6, 6.07) is 17.0. The Morgan fingerprint density at radius 2 is 1.69 bits per heavy atom. The van der Waals surface area contributed by atoms with Crippen molar-refractivity contribution < 1.29 is 19.1 Å². The van der Waals surface area contributed by atoms with E-state index in [0.29, 0.717) is 33.5 Å². The summed E-state index contributed by atoms with van der Waals surface area (Å²) in [5.41, 5.74) is 3.31. The van der Waals surface area contributed by atoms with Crippen molar-refractivity contribution in [1.82, 2.24) is 5.32 Å². The highest BCUT2D eigenvalue weighted by Crippen LogP contribution is 2.33. The first-order chi connectivity index (χ1) is 16.8. The lowest BCUT2D eigenvalue weighted by Gasteiger charge is -2.26. The lowest BCUT2D eigenvalue weighted by Crippen LogP contribution is -2.54. The molecule has 4 rings (SSSR count). The number of halogens is 2. The molecule has 0 unspecified atom stereocenters. The van der Waals surface area contributed by atoms with Crippen LogP contribution in [0.4, 0.5) is 10.5 Å². The molecule has 0 bridgehead atoms. The molecule has 1 N–H and O–H groups in total. The Labute approximate surface area is 213 Å². The summed E-state index contributed by atoms with van der Waals surface area (Å²) in [5, 5.41) is 3.23. The zero-order valence-electron chi connectivity index (χ0n) is 19.1. The van der Waals surface area contributed by atoms with E-state index in [0.717, 1.165) is 28.0 Å². The number of urea groups is 1. The zero-order chi connectivity index (χ0) is 25.1. The van der Waals surface area contributed by atoms with Gasteiger partial charge in [-0.05, 0) is 59.5 Å². The molecule has 6 nitrogen and oxygen atoms in total. The Bertz CT molecular complexity index is 1350. The molecule has 0 aromatic heterocycles. The molecule has 1 saturated heterocycles. The van der Waals surface area contributed by atoms with Gasteiger partial charge in [0.05, 0.1) is 12.8 Å². The van der Waals surface area contributed by atoms with E-state index in [1.165, 1.54) is 13.2 Å². The summed E-state index contributed by atoms with van der Waals surface area (Å²) < 4.78 is 5.54. The fraction of sp³-hybridized carbons (Fsp3) is 0.148. The van der Waals surface area contributed by atoms with Crippen LogP contribution >= 0.6 is 23.2 Å². The predicted octanol–water partition coefficient (Wildman–Crippen LogP) is 5.82. The quantitative estimate of drug-likeness (QED) is 0.336. The Balaban J connectivity index is 1.69. The molecule has 1 fully saturated rings. The second-order valence-electron chi connectivity index (χ2n) is 7.93. The summed E-state index contributed by atoms with van der Waals surface area (Å²) in [7, 11) is 1.51. The highest BCUT2D eigenvalue weighted by molar-refractivity contribution is 6.39. The van der Waals surface area contributed by atoms with E-state index in [1.807, 2.05) is 37.3 Å². The maximum atomic E-state index is 13.2. The molecule has 1 aliphatic heterocycles. The van der Waals surface area contributed by atoms with Gasteiger partial charge < -0.3 is 4.74 Å². The number of barbiturate groups is 1. The number of ether oxygens (including phenoxy) is 1. The first-order valence-corrected chi connectivity index (χ1v) is 11.7. The zero-order valence-corrected chi connectivity index (χ0v) is 20.6. The molecule has 1 heterocycles. The number of nitrogens with zero attached hydrogens (tertiary/aromatic N) is 1. The number of nitrogens with one attached hydrogen (secondary N) is 1. The van der Waals surface area contributed by atoms with Gasteiger partial charge >= 0.3 is 6.03 Å². The van der Waals surface area contributed by atoms with Gasteiger partial charge in [0, 0.05) is 22.0 Å². The van der Waals surface area contributed by atoms with E-state index in [4.69, 9.17) is 27.9 Å². The van der Waals surface area contributed by atoms with Crippen LogP contribution in [0.15, 0.2) is 66.2 Å². The molecule has 35 heavy (non-hydrogen) atoms.